The van der Waals surface area contributed by atoms with Crippen LogP contribution in [0.3, 0.4) is 0 Å². The molecule has 188 valence electrons. The molecule has 0 bridgehead atoms. The summed E-state index contributed by atoms with van der Waals surface area (Å²) in [6.45, 7) is 0.619. The minimum atomic E-state index is -5.45. The Morgan fingerprint density at radius 2 is 1.49 bits per heavy atom. The Morgan fingerprint density at radius 1 is 0.946 bits per heavy atom. The van der Waals surface area contributed by atoms with Gasteiger partial charge in [-0.05, 0) is 56.0 Å². The molecule has 4 rings (SSSR count). The van der Waals surface area contributed by atoms with Crippen LogP contribution in [0.15, 0.2) is 60.7 Å². The van der Waals surface area contributed by atoms with Crippen LogP contribution >= 0.6 is 0 Å². The summed E-state index contributed by atoms with van der Waals surface area (Å²) in [5, 5.41) is 2.35. The van der Waals surface area contributed by atoms with Crippen molar-refractivity contribution in [2.75, 3.05) is 11.9 Å². The zero-order valence-corrected chi connectivity index (χ0v) is 24.5. The number of benzene rings is 3. The first-order valence-corrected chi connectivity index (χ1v) is 11.5. The predicted octanol–water partition coefficient (Wildman–Crippen LogP) is 3.37. The molecule has 0 aromatic heterocycles. The van der Waals surface area contributed by atoms with Crippen LogP contribution < -0.4 is 62.2 Å². The standard InChI is InChI=1S/C27H26BF3NO4.K/c1-16-22(25(33)36-27(2,3)4)13-17(14-24(16)28(29,30)31)32-26(34)35-15-23-20-11-7-5-9-18(20)19-10-6-8-12-21(19)23;/h5-14,23H,15H2,1-4H3,(H,32,34);/q-1;+1. The van der Waals surface area contributed by atoms with Gasteiger partial charge in [0.25, 0.3) is 0 Å². The average Bonchev–Trinajstić information content (AvgIpc) is 3.10. The van der Waals surface area contributed by atoms with E-state index in [-0.39, 0.29) is 80.7 Å². The minimum Gasteiger partial charge on any atom is -0.456 e. The van der Waals surface area contributed by atoms with Gasteiger partial charge in [0.1, 0.15) is 12.2 Å². The summed E-state index contributed by atoms with van der Waals surface area (Å²) in [4.78, 5) is 25.2. The van der Waals surface area contributed by atoms with Crippen molar-refractivity contribution < 1.29 is 83.4 Å². The number of nitrogens with one attached hydrogen (secondary N) is 1. The predicted molar refractivity (Wildman–Crippen MR) is 134 cm³/mol. The van der Waals surface area contributed by atoms with Crippen molar-refractivity contribution in [1.82, 2.24) is 0 Å². The molecule has 1 N–H and O–H groups in total. The molecule has 0 saturated heterocycles. The first-order chi connectivity index (χ1) is 16.8. The zero-order chi connectivity index (χ0) is 26.3. The number of ether oxygens (including phenoxy) is 2. The summed E-state index contributed by atoms with van der Waals surface area (Å²) in [5.41, 5.74) is 1.53. The molecule has 1 aliphatic rings. The van der Waals surface area contributed by atoms with Gasteiger partial charge in [0, 0.05) is 11.6 Å². The number of fused-ring (bicyclic) bond motifs is 3. The van der Waals surface area contributed by atoms with Gasteiger partial charge in [-0.2, -0.15) is 0 Å². The molecule has 0 fully saturated rings. The maximum absolute atomic E-state index is 13.7. The van der Waals surface area contributed by atoms with Crippen molar-refractivity contribution in [2.45, 2.75) is 39.2 Å². The van der Waals surface area contributed by atoms with E-state index >= 15 is 0 Å². The van der Waals surface area contributed by atoms with Crippen molar-refractivity contribution in [3.63, 3.8) is 0 Å². The Bertz CT molecular complexity index is 1290. The average molecular weight is 535 g/mol. The largest absolute Gasteiger partial charge is 1.00 e. The monoisotopic (exact) mass is 535 g/mol. The van der Waals surface area contributed by atoms with Crippen molar-refractivity contribution in [3.05, 3.63) is 82.9 Å². The second-order valence-corrected chi connectivity index (χ2v) is 9.77. The normalized spacial score (nSPS) is 12.7. The van der Waals surface area contributed by atoms with E-state index in [0.29, 0.717) is 0 Å². The van der Waals surface area contributed by atoms with Crippen LogP contribution in [-0.2, 0) is 9.47 Å². The fourth-order valence-electron chi connectivity index (χ4n) is 4.45. The number of rotatable bonds is 5. The second-order valence-electron chi connectivity index (χ2n) is 9.77. The quantitative estimate of drug-likeness (QED) is 0.402. The summed E-state index contributed by atoms with van der Waals surface area (Å²) in [7, 11) is 0. The Labute approximate surface area is 256 Å². The van der Waals surface area contributed by atoms with Gasteiger partial charge in [0.15, 0.2) is 0 Å². The SMILES string of the molecule is Cc1c(C(=O)OC(C)(C)C)cc(NC(=O)OCC2c3ccccc3-c3ccccc32)cc1[B-](F)(F)F.[K+]. The van der Waals surface area contributed by atoms with Crippen LogP contribution in [0, 0.1) is 6.92 Å². The maximum atomic E-state index is 13.7. The Kier molecular flexibility index (Phi) is 9.02. The smallest absolute Gasteiger partial charge is 0.456 e. The van der Waals surface area contributed by atoms with E-state index < -0.39 is 30.1 Å². The number of hydrogen-bond acceptors (Lipinski definition) is 4. The molecule has 37 heavy (non-hydrogen) atoms. The van der Waals surface area contributed by atoms with E-state index in [4.69, 9.17) is 9.47 Å². The summed E-state index contributed by atoms with van der Waals surface area (Å²) < 4.78 is 52.0. The van der Waals surface area contributed by atoms with Crippen LogP contribution in [0.4, 0.5) is 23.4 Å². The Morgan fingerprint density at radius 3 is 2.00 bits per heavy atom. The van der Waals surface area contributed by atoms with Crippen LogP contribution in [-0.4, -0.2) is 31.2 Å². The molecule has 0 radical (unpaired) electrons. The van der Waals surface area contributed by atoms with Crippen molar-refractivity contribution in [1.29, 1.82) is 0 Å². The van der Waals surface area contributed by atoms with Crippen molar-refractivity contribution in [2.24, 2.45) is 0 Å². The van der Waals surface area contributed by atoms with Gasteiger partial charge in [-0.1, -0.05) is 60.2 Å². The summed E-state index contributed by atoms with van der Waals surface area (Å²) in [5.74, 6) is -1.11. The van der Waals surface area contributed by atoms with Gasteiger partial charge in [0.05, 0.1) is 5.56 Å². The molecule has 0 heterocycles. The molecule has 0 atom stereocenters. The molecule has 0 unspecified atom stereocenters. The van der Waals surface area contributed by atoms with Crippen molar-refractivity contribution >= 4 is 30.2 Å². The van der Waals surface area contributed by atoms with E-state index in [1.165, 1.54) is 13.0 Å². The fourth-order valence-corrected chi connectivity index (χ4v) is 4.45. The van der Waals surface area contributed by atoms with Crippen LogP contribution in [0.1, 0.15) is 53.7 Å². The third-order valence-corrected chi connectivity index (χ3v) is 6.01. The molecular formula is C27H26BF3KNO4. The molecule has 0 aliphatic heterocycles. The second kappa shape index (κ2) is 11.3. The molecular weight excluding hydrogens is 509 g/mol. The fraction of sp³-hybridized carbons (Fsp3) is 0.259. The molecule has 1 aliphatic carbocycles. The Balaban J connectivity index is 0.00000380. The van der Waals surface area contributed by atoms with Crippen LogP contribution in [0.2, 0.25) is 0 Å². The van der Waals surface area contributed by atoms with Gasteiger partial charge in [-0.15, -0.1) is 5.46 Å². The number of amides is 1. The number of hydrogen-bond donors (Lipinski definition) is 1. The van der Waals surface area contributed by atoms with Gasteiger partial charge >= 0.3 is 70.4 Å². The molecule has 0 spiro atoms. The van der Waals surface area contributed by atoms with Crippen LogP contribution in [0.25, 0.3) is 11.1 Å². The van der Waals surface area contributed by atoms with Crippen LogP contribution in [0.5, 0.6) is 0 Å². The number of carbonyl (C=O) groups is 2. The van der Waals surface area contributed by atoms with Gasteiger partial charge in [-0.25, -0.2) is 9.59 Å². The third kappa shape index (κ3) is 6.67. The summed E-state index contributed by atoms with van der Waals surface area (Å²) in [6.07, 6.45) is -0.920. The number of carbonyl (C=O) groups excluding carboxylic acids is 2. The molecule has 3 aromatic carbocycles. The first kappa shape index (κ1) is 29.4. The Hall–Kier alpha value is -2.11. The van der Waals surface area contributed by atoms with Gasteiger partial charge in [-0.3, -0.25) is 5.32 Å². The number of esters is 1. The molecule has 0 saturated carbocycles. The number of anilines is 1. The molecule has 10 heteroatoms. The summed E-state index contributed by atoms with van der Waals surface area (Å²) >= 11 is 0. The third-order valence-electron chi connectivity index (χ3n) is 6.01. The molecule has 1 amide bonds. The van der Waals surface area contributed by atoms with E-state index in [1.807, 2.05) is 48.5 Å². The summed E-state index contributed by atoms with van der Waals surface area (Å²) in [6, 6.07) is 17.6. The van der Waals surface area contributed by atoms with E-state index in [0.717, 1.165) is 28.3 Å². The van der Waals surface area contributed by atoms with Gasteiger partial charge < -0.3 is 22.4 Å². The maximum Gasteiger partial charge on any atom is 1.00 e. The minimum absolute atomic E-state index is 0. The topological polar surface area (TPSA) is 64.6 Å². The van der Waals surface area contributed by atoms with E-state index in [1.54, 1.807) is 20.8 Å². The molecule has 5 nitrogen and oxygen atoms in total. The molecule has 3 aromatic rings. The van der Waals surface area contributed by atoms with Gasteiger partial charge in [0.2, 0.25) is 0 Å². The first-order valence-electron chi connectivity index (χ1n) is 11.5. The van der Waals surface area contributed by atoms with E-state index in [2.05, 4.69) is 5.32 Å². The van der Waals surface area contributed by atoms with Crippen molar-refractivity contribution in [3.8, 4) is 11.1 Å². The van der Waals surface area contributed by atoms with E-state index in [9.17, 15) is 22.5 Å². The zero-order valence-electron chi connectivity index (χ0n) is 21.4. The number of halogens is 3.